The molecule has 22 heavy (non-hydrogen) atoms. The average Bonchev–Trinajstić information content (AvgIpc) is 2.95. The van der Waals surface area contributed by atoms with Crippen LogP contribution in [-0.2, 0) is 0 Å². The molecule has 2 atom stereocenters. The second-order valence-corrected chi connectivity index (χ2v) is 6.36. The molecule has 1 saturated heterocycles. The van der Waals surface area contributed by atoms with E-state index in [1.54, 1.807) is 19.1 Å². The van der Waals surface area contributed by atoms with Gasteiger partial charge in [-0.15, -0.1) is 0 Å². The van der Waals surface area contributed by atoms with Crippen LogP contribution in [0.25, 0.3) is 0 Å². The molecule has 2 fully saturated rings. The maximum atomic E-state index is 13.3. The Hall–Kier alpha value is -1.46. The molecule has 120 valence electrons. The minimum absolute atomic E-state index is 0.0327. The summed E-state index contributed by atoms with van der Waals surface area (Å²) in [6.07, 6.45) is 2.80. The van der Waals surface area contributed by atoms with Gasteiger partial charge >= 0.3 is 0 Å². The van der Waals surface area contributed by atoms with Crippen molar-refractivity contribution in [3.63, 3.8) is 0 Å². The number of aryl methyl sites for hydroxylation is 1. The van der Waals surface area contributed by atoms with Crippen molar-refractivity contribution in [3.05, 3.63) is 35.1 Å². The van der Waals surface area contributed by atoms with Crippen LogP contribution in [0.3, 0.4) is 0 Å². The molecule has 0 radical (unpaired) electrons. The Morgan fingerprint density at radius 3 is 2.55 bits per heavy atom. The summed E-state index contributed by atoms with van der Waals surface area (Å²) in [6, 6.07) is 4.78. The summed E-state index contributed by atoms with van der Waals surface area (Å²) < 4.78 is 13.3. The van der Waals surface area contributed by atoms with Gasteiger partial charge in [0.25, 0.3) is 5.91 Å². The highest BCUT2D eigenvalue weighted by atomic mass is 19.1. The molecular weight excluding hydrogens is 283 g/mol. The minimum Gasteiger partial charge on any atom is -0.391 e. The minimum atomic E-state index is -0.281. The standard InChI is InChI=1S/C17H23FN2O2/c1-12-11-13(5-6-14(12)18)17(22)20-9-7-19(8-10-20)15-3-2-4-16(15)21/h5-6,11,15-16,21H,2-4,7-10H2,1H3/t15-,16-/m1/s1. The molecule has 5 heteroatoms. The van der Waals surface area contributed by atoms with Crippen LogP contribution >= 0.6 is 0 Å². The molecule has 1 aromatic carbocycles. The smallest absolute Gasteiger partial charge is 0.253 e. The van der Waals surface area contributed by atoms with Crippen molar-refractivity contribution < 1.29 is 14.3 Å². The number of carbonyl (C=O) groups is 1. The van der Waals surface area contributed by atoms with Crippen molar-refractivity contribution in [2.45, 2.75) is 38.3 Å². The zero-order valence-corrected chi connectivity index (χ0v) is 13.0. The molecule has 2 aliphatic rings. The van der Waals surface area contributed by atoms with E-state index >= 15 is 0 Å². The van der Waals surface area contributed by atoms with Crippen LogP contribution in [0.5, 0.6) is 0 Å². The van der Waals surface area contributed by atoms with E-state index in [0.717, 1.165) is 32.4 Å². The summed E-state index contributed by atoms with van der Waals surface area (Å²) in [5, 5.41) is 9.99. The molecule has 1 aliphatic carbocycles. The van der Waals surface area contributed by atoms with E-state index in [0.29, 0.717) is 24.2 Å². The molecule has 1 saturated carbocycles. The van der Waals surface area contributed by atoms with Gasteiger partial charge in [0.1, 0.15) is 5.82 Å². The number of amides is 1. The fourth-order valence-electron chi connectivity index (χ4n) is 3.56. The molecule has 1 amide bonds. The third kappa shape index (κ3) is 3.01. The summed E-state index contributed by atoms with van der Waals surface area (Å²) in [5.41, 5.74) is 1.05. The van der Waals surface area contributed by atoms with Gasteiger partial charge in [0.15, 0.2) is 0 Å². The van der Waals surface area contributed by atoms with Crippen LogP contribution in [0.1, 0.15) is 35.2 Å². The quantitative estimate of drug-likeness (QED) is 0.906. The maximum absolute atomic E-state index is 13.3. The predicted molar refractivity (Wildman–Crippen MR) is 82.3 cm³/mol. The van der Waals surface area contributed by atoms with Crippen LogP contribution in [0.2, 0.25) is 0 Å². The first-order valence-corrected chi connectivity index (χ1v) is 8.04. The summed E-state index contributed by atoms with van der Waals surface area (Å²) in [7, 11) is 0. The Balaban J connectivity index is 1.61. The van der Waals surface area contributed by atoms with E-state index in [-0.39, 0.29) is 23.9 Å². The van der Waals surface area contributed by atoms with Crippen LogP contribution in [-0.4, -0.2) is 59.1 Å². The van der Waals surface area contributed by atoms with Gasteiger partial charge in [-0.05, 0) is 49.9 Å². The molecule has 0 aromatic heterocycles. The summed E-state index contributed by atoms with van der Waals surface area (Å²) >= 11 is 0. The van der Waals surface area contributed by atoms with E-state index in [9.17, 15) is 14.3 Å². The normalized spacial score (nSPS) is 26.4. The van der Waals surface area contributed by atoms with Crippen molar-refractivity contribution in [2.75, 3.05) is 26.2 Å². The second kappa shape index (κ2) is 6.34. The van der Waals surface area contributed by atoms with Gasteiger partial charge in [0.2, 0.25) is 0 Å². The third-order valence-electron chi connectivity index (χ3n) is 4.92. The molecular formula is C17H23FN2O2. The number of piperazine rings is 1. The molecule has 3 rings (SSSR count). The highest BCUT2D eigenvalue weighted by Gasteiger charge is 2.33. The van der Waals surface area contributed by atoms with Crippen molar-refractivity contribution in [1.82, 2.24) is 9.80 Å². The lowest BCUT2D eigenvalue weighted by atomic mass is 10.1. The number of benzene rings is 1. The van der Waals surface area contributed by atoms with Crippen molar-refractivity contribution >= 4 is 5.91 Å². The van der Waals surface area contributed by atoms with Gasteiger partial charge in [-0.3, -0.25) is 9.69 Å². The zero-order chi connectivity index (χ0) is 15.7. The average molecular weight is 306 g/mol. The lowest BCUT2D eigenvalue weighted by Crippen LogP contribution is -2.53. The second-order valence-electron chi connectivity index (χ2n) is 6.36. The number of halogens is 1. The van der Waals surface area contributed by atoms with E-state index in [1.807, 2.05) is 4.90 Å². The highest BCUT2D eigenvalue weighted by molar-refractivity contribution is 5.94. The zero-order valence-electron chi connectivity index (χ0n) is 13.0. The fourth-order valence-corrected chi connectivity index (χ4v) is 3.56. The fraction of sp³-hybridized carbons (Fsp3) is 0.588. The Morgan fingerprint density at radius 1 is 1.23 bits per heavy atom. The molecule has 1 N–H and O–H groups in total. The van der Waals surface area contributed by atoms with Gasteiger partial charge in [0, 0.05) is 37.8 Å². The number of aliphatic hydroxyl groups excluding tert-OH is 1. The van der Waals surface area contributed by atoms with Crippen LogP contribution < -0.4 is 0 Å². The molecule has 1 heterocycles. The first kappa shape index (κ1) is 15.4. The van der Waals surface area contributed by atoms with Crippen LogP contribution in [0.15, 0.2) is 18.2 Å². The molecule has 0 spiro atoms. The number of rotatable bonds is 2. The van der Waals surface area contributed by atoms with E-state index in [2.05, 4.69) is 4.90 Å². The van der Waals surface area contributed by atoms with Gasteiger partial charge in [0.05, 0.1) is 6.10 Å². The number of aliphatic hydroxyl groups is 1. The molecule has 0 unspecified atom stereocenters. The number of hydrogen-bond acceptors (Lipinski definition) is 3. The summed E-state index contributed by atoms with van der Waals surface area (Å²) in [5.74, 6) is -0.314. The van der Waals surface area contributed by atoms with Crippen molar-refractivity contribution in [3.8, 4) is 0 Å². The van der Waals surface area contributed by atoms with Crippen LogP contribution in [0, 0.1) is 12.7 Å². The van der Waals surface area contributed by atoms with E-state index < -0.39 is 0 Å². The number of nitrogens with zero attached hydrogens (tertiary/aromatic N) is 2. The highest BCUT2D eigenvalue weighted by Crippen LogP contribution is 2.25. The Bertz CT molecular complexity index is 556. The maximum Gasteiger partial charge on any atom is 0.253 e. The molecule has 0 bridgehead atoms. The van der Waals surface area contributed by atoms with Crippen LogP contribution in [0.4, 0.5) is 4.39 Å². The van der Waals surface area contributed by atoms with Gasteiger partial charge in [-0.25, -0.2) is 4.39 Å². The van der Waals surface area contributed by atoms with Gasteiger partial charge < -0.3 is 10.0 Å². The topological polar surface area (TPSA) is 43.8 Å². The Labute approximate surface area is 130 Å². The largest absolute Gasteiger partial charge is 0.391 e. The first-order chi connectivity index (χ1) is 10.6. The van der Waals surface area contributed by atoms with Crippen molar-refractivity contribution in [1.29, 1.82) is 0 Å². The van der Waals surface area contributed by atoms with E-state index in [1.165, 1.54) is 6.07 Å². The molecule has 1 aliphatic heterocycles. The molecule has 4 nitrogen and oxygen atoms in total. The Kier molecular flexibility index (Phi) is 4.45. The summed E-state index contributed by atoms with van der Waals surface area (Å²) in [6.45, 7) is 4.60. The SMILES string of the molecule is Cc1cc(C(=O)N2CCN([C@@H]3CCC[C@H]3O)CC2)ccc1F. The monoisotopic (exact) mass is 306 g/mol. The van der Waals surface area contributed by atoms with Gasteiger partial charge in [-0.2, -0.15) is 0 Å². The van der Waals surface area contributed by atoms with E-state index in [4.69, 9.17) is 0 Å². The lowest BCUT2D eigenvalue weighted by molar-refractivity contribution is 0.0315. The Morgan fingerprint density at radius 2 is 1.95 bits per heavy atom. The van der Waals surface area contributed by atoms with Gasteiger partial charge in [-0.1, -0.05) is 0 Å². The lowest BCUT2D eigenvalue weighted by Gasteiger charge is -2.39. The molecule has 1 aromatic rings. The summed E-state index contributed by atoms with van der Waals surface area (Å²) in [4.78, 5) is 16.6. The number of carbonyl (C=O) groups excluding carboxylic acids is 1. The van der Waals surface area contributed by atoms with Crippen molar-refractivity contribution in [2.24, 2.45) is 0 Å². The predicted octanol–water partition coefficient (Wildman–Crippen LogP) is 1.81. The number of hydrogen-bond donors (Lipinski definition) is 1. The first-order valence-electron chi connectivity index (χ1n) is 8.04. The third-order valence-corrected chi connectivity index (χ3v) is 4.92.